The van der Waals surface area contributed by atoms with Gasteiger partial charge in [-0.25, -0.2) is 0 Å². The van der Waals surface area contributed by atoms with Crippen LogP contribution in [0.2, 0.25) is 0 Å². The van der Waals surface area contributed by atoms with Gasteiger partial charge in [0.1, 0.15) is 18.1 Å². The molecule has 2 unspecified atom stereocenters. The molecule has 1 aromatic rings. The van der Waals surface area contributed by atoms with E-state index in [1.165, 1.54) is 50.5 Å². The lowest BCUT2D eigenvalue weighted by atomic mass is 9.85. The zero-order valence-electron chi connectivity index (χ0n) is 13.5. The number of furan rings is 1. The summed E-state index contributed by atoms with van der Waals surface area (Å²) in [6.45, 7) is 5.90. The van der Waals surface area contributed by atoms with Crippen LogP contribution < -0.4 is 5.32 Å². The van der Waals surface area contributed by atoms with Gasteiger partial charge >= 0.3 is 0 Å². The van der Waals surface area contributed by atoms with Gasteiger partial charge in [0.25, 0.3) is 0 Å². The Kier molecular flexibility index (Phi) is 5.02. The van der Waals surface area contributed by atoms with Crippen molar-refractivity contribution in [1.29, 1.82) is 0 Å². The molecule has 0 saturated heterocycles. The summed E-state index contributed by atoms with van der Waals surface area (Å²) in [6, 6.07) is 2.87. The Hall–Kier alpha value is -0.800. The molecule has 0 radical (unpaired) electrons. The molecule has 1 N–H and O–H groups in total. The van der Waals surface area contributed by atoms with Gasteiger partial charge in [-0.15, -0.1) is 0 Å². The van der Waals surface area contributed by atoms with Gasteiger partial charge in [0, 0.05) is 6.04 Å². The van der Waals surface area contributed by atoms with Crippen LogP contribution in [0.3, 0.4) is 0 Å². The molecule has 0 spiro atoms. The summed E-state index contributed by atoms with van der Waals surface area (Å²) in [5.74, 6) is 2.81. The average Bonchev–Trinajstić information content (AvgIpc) is 3.27. The maximum Gasteiger partial charge on any atom is 0.130 e. The third-order valence-corrected chi connectivity index (χ3v) is 5.00. The second kappa shape index (κ2) is 6.97. The van der Waals surface area contributed by atoms with E-state index in [1.807, 2.05) is 0 Å². The molecule has 0 amide bonds. The van der Waals surface area contributed by atoms with Gasteiger partial charge in [0.15, 0.2) is 0 Å². The molecule has 0 aromatic carbocycles. The Balaban J connectivity index is 1.50. The molecule has 0 bridgehead atoms. The first-order valence-electron chi connectivity index (χ1n) is 8.69. The molecule has 21 heavy (non-hydrogen) atoms. The fourth-order valence-corrected chi connectivity index (χ4v) is 3.41. The highest BCUT2D eigenvalue weighted by molar-refractivity contribution is 5.19. The lowest BCUT2D eigenvalue weighted by molar-refractivity contribution is -0.0286. The summed E-state index contributed by atoms with van der Waals surface area (Å²) in [7, 11) is 0. The van der Waals surface area contributed by atoms with Crippen molar-refractivity contribution >= 4 is 0 Å². The quantitative estimate of drug-likeness (QED) is 0.812. The third kappa shape index (κ3) is 4.10. The Morgan fingerprint density at radius 3 is 2.81 bits per heavy atom. The normalized spacial score (nSPS) is 26.2. The summed E-state index contributed by atoms with van der Waals surface area (Å²) in [5.41, 5.74) is 1.25. The van der Waals surface area contributed by atoms with E-state index in [-0.39, 0.29) is 0 Å². The molecule has 118 valence electrons. The van der Waals surface area contributed by atoms with Crippen molar-refractivity contribution in [1.82, 2.24) is 5.32 Å². The fraction of sp³-hybridized carbons (Fsp3) is 0.778. The minimum absolute atomic E-state index is 0.433. The molecule has 1 aromatic heterocycles. The van der Waals surface area contributed by atoms with Gasteiger partial charge in [0.2, 0.25) is 0 Å². The van der Waals surface area contributed by atoms with Gasteiger partial charge in [-0.3, -0.25) is 0 Å². The van der Waals surface area contributed by atoms with Gasteiger partial charge in [-0.1, -0.05) is 26.2 Å². The predicted octanol–water partition coefficient (Wildman–Crippen LogP) is 4.33. The lowest BCUT2D eigenvalue weighted by Gasteiger charge is -2.30. The Bertz CT molecular complexity index is 450. The summed E-state index contributed by atoms with van der Waals surface area (Å²) < 4.78 is 12.1. The minimum Gasteiger partial charge on any atom is -0.462 e. The molecule has 3 heteroatoms. The summed E-state index contributed by atoms with van der Waals surface area (Å²) >= 11 is 0. The van der Waals surface area contributed by atoms with Crippen molar-refractivity contribution in [2.45, 2.75) is 84.1 Å². The topological polar surface area (TPSA) is 34.4 Å². The van der Waals surface area contributed by atoms with Crippen LogP contribution in [0, 0.1) is 12.8 Å². The van der Waals surface area contributed by atoms with Crippen LogP contribution in [0.4, 0.5) is 0 Å². The molecule has 2 aliphatic rings. The zero-order chi connectivity index (χ0) is 14.7. The molecule has 3 nitrogen and oxygen atoms in total. The van der Waals surface area contributed by atoms with Crippen LogP contribution in [-0.2, 0) is 17.9 Å². The second-order valence-electron chi connectivity index (χ2n) is 6.78. The Morgan fingerprint density at radius 2 is 2.05 bits per heavy atom. The zero-order valence-corrected chi connectivity index (χ0v) is 13.5. The highest BCUT2D eigenvalue weighted by Gasteiger charge is 2.25. The standard InChI is InChI=1S/C18H29NO2/c1-3-14-6-4-5-7-17(14)20-12-16-10-13(2)18(21-16)11-19-15-8-9-15/h10,14-15,17,19H,3-9,11-12H2,1-2H3. The van der Waals surface area contributed by atoms with Gasteiger partial charge in [-0.2, -0.15) is 0 Å². The van der Waals surface area contributed by atoms with Crippen LogP contribution in [0.15, 0.2) is 10.5 Å². The Morgan fingerprint density at radius 1 is 1.24 bits per heavy atom. The van der Waals surface area contributed by atoms with E-state index < -0.39 is 0 Å². The van der Waals surface area contributed by atoms with E-state index in [0.717, 1.165) is 30.0 Å². The minimum atomic E-state index is 0.433. The molecule has 3 rings (SSSR count). The number of rotatable bonds is 7. The lowest BCUT2D eigenvalue weighted by Crippen LogP contribution is -2.27. The van der Waals surface area contributed by atoms with E-state index in [9.17, 15) is 0 Å². The van der Waals surface area contributed by atoms with Crippen LogP contribution >= 0.6 is 0 Å². The average molecular weight is 291 g/mol. The van der Waals surface area contributed by atoms with E-state index in [2.05, 4.69) is 25.2 Å². The summed E-state index contributed by atoms with van der Waals surface area (Å²) in [6.07, 6.45) is 9.53. The number of hydrogen-bond acceptors (Lipinski definition) is 3. The largest absolute Gasteiger partial charge is 0.462 e. The number of aryl methyl sites for hydroxylation is 1. The number of hydrogen-bond donors (Lipinski definition) is 1. The Labute approximate surface area is 128 Å². The molecule has 2 atom stereocenters. The molecular formula is C18H29NO2. The van der Waals surface area contributed by atoms with Crippen molar-refractivity contribution in [3.63, 3.8) is 0 Å². The van der Waals surface area contributed by atoms with E-state index in [4.69, 9.17) is 9.15 Å². The molecule has 1 heterocycles. The van der Waals surface area contributed by atoms with E-state index in [1.54, 1.807) is 0 Å². The van der Waals surface area contributed by atoms with Crippen molar-refractivity contribution in [2.24, 2.45) is 5.92 Å². The molecular weight excluding hydrogens is 262 g/mol. The van der Waals surface area contributed by atoms with Crippen LogP contribution in [-0.4, -0.2) is 12.1 Å². The first-order chi connectivity index (χ1) is 10.3. The monoisotopic (exact) mass is 291 g/mol. The molecule has 0 aliphatic heterocycles. The van der Waals surface area contributed by atoms with Crippen LogP contribution in [0.25, 0.3) is 0 Å². The second-order valence-corrected chi connectivity index (χ2v) is 6.78. The van der Waals surface area contributed by atoms with Gasteiger partial charge in [0.05, 0.1) is 12.6 Å². The molecule has 2 aliphatic carbocycles. The smallest absolute Gasteiger partial charge is 0.130 e. The van der Waals surface area contributed by atoms with Crippen LogP contribution in [0.1, 0.15) is 69.0 Å². The van der Waals surface area contributed by atoms with Crippen molar-refractivity contribution in [3.05, 3.63) is 23.2 Å². The van der Waals surface area contributed by atoms with Crippen molar-refractivity contribution < 1.29 is 9.15 Å². The SMILES string of the molecule is CCC1CCCCC1OCc1cc(C)c(CNC2CC2)o1. The van der Waals surface area contributed by atoms with Gasteiger partial charge < -0.3 is 14.5 Å². The highest BCUT2D eigenvalue weighted by atomic mass is 16.5. The maximum absolute atomic E-state index is 6.16. The molecule has 2 fully saturated rings. The predicted molar refractivity (Wildman–Crippen MR) is 84.1 cm³/mol. The fourth-order valence-electron chi connectivity index (χ4n) is 3.41. The van der Waals surface area contributed by atoms with Gasteiger partial charge in [-0.05, 0) is 50.2 Å². The summed E-state index contributed by atoms with van der Waals surface area (Å²) in [5, 5.41) is 3.51. The first-order valence-corrected chi connectivity index (χ1v) is 8.69. The number of nitrogens with one attached hydrogen (secondary N) is 1. The van der Waals surface area contributed by atoms with Crippen molar-refractivity contribution in [2.75, 3.05) is 0 Å². The maximum atomic E-state index is 6.16. The van der Waals surface area contributed by atoms with Crippen LogP contribution in [0.5, 0.6) is 0 Å². The van der Waals surface area contributed by atoms with E-state index in [0.29, 0.717) is 12.7 Å². The first kappa shape index (κ1) is 15.1. The summed E-state index contributed by atoms with van der Waals surface area (Å²) in [4.78, 5) is 0. The number of ether oxygens (including phenoxy) is 1. The van der Waals surface area contributed by atoms with E-state index >= 15 is 0 Å². The van der Waals surface area contributed by atoms with Crippen molar-refractivity contribution in [3.8, 4) is 0 Å². The molecule has 2 saturated carbocycles. The third-order valence-electron chi connectivity index (χ3n) is 5.00. The highest BCUT2D eigenvalue weighted by Crippen LogP contribution is 2.30.